The van der Waals surface area contributed by atoms with Crippen molar-refractivity contribution in [2.24, 2.45) is 0 Å². The van der Waals surface area contributed by atoms with Crippen LogP contribution in [0.25, 0.3) is 11.4 Å². The van der Waals surface area contributed by atoms with Gasteiger partial charge in [0.25, 0.3) is 5.91 Å². The lowest BCUT2D eigenvalue weighted by molar-refractivity contribution is 0.102. The van der Waals surface area contributed by atoms with E-state index >= 15 is 0 Å². The quantitative estimate of drug-likeness (QED) is 0.187. The van der Waals surface area contributed by atoms with E-state index in [1.54, 1.807) is 36.0 Å². The van der Waals surface area contributed by atoms with Crippen molar-refractivity contribution in [1.82, 2.24) is 14.8 Å². The standard InChI is InChI=1S/C29H22BrClN4OS/c30-23-14-10-21(11-15-23)19-37-29-34-33-27(35(29)18-20-6-2-1-3-7-20)22-12-16-24(17-13-22)32-28(36)25-8-4-5-9-26(25)31/h1-17H,18-19H2,(H,32,36). The van der Waals surface area contributed by atoms with Crippen LogP contribution in [0.2, 0.25) is 5.02 Å². The zero-order chi connectivity index (χ0) is 25.6. The zero-order valence-corrected chi connectivity index (χ0v) is 22.8. The maximum absolute atomic E-state index is 12.6. The lowest BCUT2D eigenvalue weighted by Gasteiger charge is -2.12. The van der Waals surface area contributed by atoms with Crippen LogP contribution >= 0.6 is 39.3 Å². The summed E-state index contributed by atoms with van der Waals surface area (Å²) in [6.07, 6.45) is 0. The molecule has 0 aliphatic heterocycles. The summed E-state index contributed by atoms with van der Waals surface area (Å²) in [5, 5.41) is 13.2. The number of anilines is 1. The molecule has 5 aromatic rings. The molecular weight excluding hydrogens is 568 g/mol. The van der Waals surface area contributed by atoms with Crippen molar-refractivity contribution in [1.29, 1.82) is 0 Å². The van der Waals surface area contributed by atoms with Crippen LogP contribution in [0.15, 0.2) is 113 Å². The Kier molecular flexibility index (Phi) is 8.04. The van der Waals surface area contributed by atoms with Gasteiger partial charge in [0.15, 0.2) is 11.0 Å². The molecule has 0 radical (unpaired) electrons. The van der Waals surface area contributed by atoms with Gasteiger partial charge in [0.05, 0.1) is 17.1 Å². The summed E-state index contributed by atoms with van der Waals surface area (Å²) in [4.78, 5) is 12.6. The fourth-order valence-electron chi connectivity index (χ4n) is 3.79. The fourth-order valence-corrected chi connectivity index (χ4v) is 5.17. The Morgan fingerprint density at radius 3 is 2.27 bits per heavy atom. The van der Waals surface area contributed by atoms with Gasteiger partial charge in [0, 0.05) is 21.5 Å². The third-order valence-electron chi connectivity index (χ3n) is 5.70. The van der Waals surface area contributed by atoms with E-state index in [9.17, 15) is 4.79 Å². The van der Waals surface area contributed by atoms with Gasteiger partial charge in [0.2, 0.25) is 0 Å². The summed E-state index contributed by atoms with van der Waals surface area (Å²) in [7, 11) is 0. The van der Waals surface area contributed by atoms with Crippen molar-refractivity contribution in [3.8, 4) is 11.4 Å². The highest BCUT2D eigenvalue weighted by Crippen LogP contribution is 2.29. The van der Waals surface area contributed by atoms with Gasteiger partial charge in [-0.3, -0.25) is 9.36 Å². The summed E-state index contributed by atoms with van der Waals surface area (Å²) < 4.78 is 3.19. The van der Waals surface area contributed by atoms with E-state index < -0.39 is 0 Å². The molecule has 8 heteroatoms. The topological polar surface area (TPSA) is 59.8 Å². The van der Waals surface area contributed by atoms with Crippen LogP contribution in [0.4, 0.5) is 5.69 Å². The Bertz CT molecular complexity index is 1510. The monoisotopic (exact) mass is 588 g/mol. The molecule has 1 heterocycles. The number of nitrogens with one attached hydrogen (secondary N) is 1. The average molecular weight is 590 g/mol. The molecule has 0 spiro atoms. The highest BCUT2D eigenvalue weighted by Gasteiger charge is 2.16. The fraction of sp³-hybridized carbons (Fsp3) is 0.0690. The molecule has 0 bridgehead atoms. The third-order valence-corrected chi connectivity index (χ3v) is 7.60. The summed E-state index contributed by atoms with van der Waals surface area (Å²) in [6, 6.07) is 33.2. The molecule has 0 aliphatic carbocycles. The van der Waals surface area contributed by atoms with E-state index in [1.165, 1.54) is 5.56 Å². The van der Waals surface area contributed by atoms with Crippen LogP contribution in [0, 0.1) is 0 Å². The molecule has 184 valence electrons. The Balaban J connectivity index is 1.38. The Morgan fingerprint density at radius 2 is 1.54 bits per heavy atom. The molecule has 0 saturated heterocycles. The molecular formula is C29H22BrClN4OS. The molecule has 0 saturated carbocycles. The summed E-state index contributed by atoms with van der Waals surface area (Å²) >= 11 is 11.3. The lowest BCUT2D eigenvalue weighted by atomic mass is 10.1. The number of thioether (sulfide) groups is 1. The lowest BCUT2D eigenvalue weighted by Crippen LogP contribution is -2.12. The van der Waals surface area contributed by atoms with Crippen LogP contribution in [0.5, 0.6) is 0 Å². The van der Waals surface area contributed by atoms with Gasteiger partial charge >= 0.3 is 0 Å². The van der Waals surface area contributed by atoms with E-state index in [0.29, 0.717) is 22.8 Å². The van der Waals surface area contributed by atoms with Crippen molar-refractivity contribution in [3.63, 3.8) is 0 Å². The van der Waals surface area contributed by atoms with Gasteiger partial charge in [-0.15, -0.1) is 10.2 Å². The maximum Gasteiger partial charge on any atom is 0.257 e. The van der Waals surface area contributed by atoms with Crippen LogP contribution in [-0.4, -0.2) is 20.7 Å². The number of rotatable bonds is 8. The highest BCUT2D eigenvalue weighted by atomic mass is 79.9. The normalized spacial score (nSPS) is 10.9. The second kappa shape index (κ2) is 11.8. The molecule has 1 amide bonds. The maximum atomic E-state index is 12.6. The van der Waals surface area contributed by atoms with Crippen molar-refractivity contribution in [3.05, 3.63) is 129 Å². The molecule has 0 fully saturated rings. The number of amides is 1. The third kappa shape index (κ3) is 6.31. The van der Waals surface area contributed by atoms with Crippen molar-refractivity contribution in [2.75, 3.05) is 5.32 Å². The van der Waals surface area contributed by atoms with Gasteiger partial charge in [-0.2, -0.15) is 0 Å². The van der Waals surface area contributed by atoms with E-state index in [-0.39, 0.29) is 5.91 Å². The molecule has 0 unspecified atom stereocenters. The first-order valence-electron chi connectivity index (χ1n) is 11.6. The van der Waals surface area contributed by atoms with Crippen molar-refractivity contribution < 1.29 is 4.79 Å². The van der Waals surface area contributed by atoms with E-state index in [1.807, 2.05) is 54.6 Å². The van der Waals surface area contributed by atoms with Gasteiger partial charge in [-0.25, -0.2) is 0 Å². The SMILES string of the molecule is O=C(Nc1ccc(-c2nnc(SCc3ccc(Br)cc3)n2Cc2ccccc2)cc1)c1ccccc1Cl. The number of hydrogen-bond acceptors (Lipinski definition) is 4. The summed E-state index contributed by atoms with van der Waals surface area (Å²) in [5.74, 6) is 1.30. The van der Waals surface area contributed by atoms with E-state index in [4.69, 9.17) is 11.6 Å². The second-order valence-corrected chi connectivity index (χ2v) is 10.6. The van der Waals surface area contributed by atoms with Crippen molar-refractivity contribution in [2.45, 2.75) is 17.5 Å². The van der Waals surface area contributed by atoms with Crippen LogP contribution in [0.3, 0.4) is 0 Å². The number of nitrogens with zero attached hydrogens (tertiary/aromatic N) is 3. The molecule has 5 nitrogen and oxygen atoms in total. The minimum atomic E-state index is -0.253. The number of carbonyl (C=O) groups excluding carboxylic acids is 1. The van der Waals surface area contributed by atoms with Crippen LogP contribution in [-0.2, 0) is 12.3 Å². The predicted octanol–water partition coefficient (Wildman–Crippen LogP) is 7.95. The Labute approximate surface area is 233 Å². The molecule has 0 atom stereocenters. The van der Waals surface area contributed by atoms with E-state index in [0.717, 1.165) is 32.3 Å². The van der Waals surface area contributed by atoms with Gasteiger partial charge in [-0.05, 0) is 59.7 Å². The van der Waals surface area contributed by atoms with Crippen molar-refractivity contribution >= 4 is 50.9 Å². The average Bonchev–Trinajstić information content (AvgIpc) is 3.31. The summed E-state index contributed by atoms with van der Waals surface area (Å²) in [6.45, 7) is 0.650. The summed E-state index contributed by atoms with van der Waals surface area (Å²) in [5.41, 5.74) is 4.39. The first-order valence-corrected chi connectivity index (χ1v) is 13.7. The van der Waals surface area contributed by atoms with Gasteiger partial charge in [0.1, 0.15) is 0 Å². The molecule has 4 aromatic carbocycles. The van der Waals surface area contributed by atoms with Crippen LogP contribution in [0.1, 0.15) is 21.5 Å². The smallest absolute Gasteiger partial charge is 0.257 e. The van der Waals surface area contributed by atoms with Crippen LogP contribution < -0.4 is 5.32 Å². The highest BCUT2D eigenvalue weighted by molar-refractivity contribution is 9.10. The number of halogens is 2. The zero-order valence-electron chi connectivity index (χ0n) is 19.6. The van der Waals surface area contributed by atoms with Gasteiger partial charge in [-0.1, -0.05) is 93.9 Å². The molecule has 0 aliphatic rings. The minimum absolute atomic E-state index is 0.253. The van der Waals surface area contributed by atoms with Gasteiger partial charge < -0.3 is 5.32 Å². The Morgan fingerprint density at radius 1 is 0.838 bits per heavy atom. The van der Waals surface area contributed by atoms with E-state index in [2.05, 4.69) is 60.3 Å². The number of benzene rings is 4. The Hall–Kier alpha value is -3.39. The molecule has 1 aromatic heterocycles. The largest absolute Gasteiger partial charge is 0.322 e. The minimum Gasteiger partial charge on any atom is -0.322 e. The number of carbonyl (C=O) groups is 1. The predicted molar refractivity (Wildman–Crippen MR) is 154 cm³/mol. The first-order chi connectivity index (χ1) is 18.1. The first kappa shape index (κ1) is 25.3. The molecule has 1 N–H and O–H groups in total. The molecule has 37 heavy (non-hydrogen) atoms. The molecule has 5 rings (SSSR count). The second-order valence-electron chi connectivity index (χ2n) is 8.30. The number of hydrogen-bond donors (Lipinski definition) is 1. The number of aromatic nitrogens is 3.